The van der Waals surface area contributed by atoms with Crippen LogP contribution in [-0.4, -0.2) is 85.5 Å². The number of fused-ring (bicyclic) bond motifs is 1. The third kappa shape index (κ3) is 5.80. The molecular weight excluding hydrogens is 516 g/mol. The molecule has 39 heavy (non-hydrogen) atoms. The smallest absolute Gasteiger partial charge is 0.227 e. The van der Waals surface area contributed by atoms with Crippen molar-refractivity contribution in [3.05, 3.63) is 42.2 Å². The molecule has 2 N–H and O–H groups in total. The number of pyridine rings is 1. The van der Waals surface area contributed by atoms with E-state index in [9.17, 15) is 13.5 Å². The number of aliphatic hydroxyl groups is 1. The molecule has 11 heteroatoms. The van der Waals surface area contributed by atoms with Crippen LogP contribution in [0.15, 0.2) is 36.7 Å². The molecule has 2 aromatic heterocycles. The number of hydrogen-bond acceptors (Lipinski definition) is 10. The number of ether oxygens (including phenoxy) is 1. The summed E-state index contributed by atoms with van der Waals surface area (Å²) >= 11 is 0. The molecule has 0 aliphatic carbocycles. The van der Waals surface area contributed by atoms with E-state index in [1.165, 1.54) is 11.8 Å². The summed E-state index contributed by atoms with van der Waals surface area (Å²) in [5, 5.41) is 15.9. The first-order chi connectivity index (χ1) is 18.5. The van der Waals surface area contributed by atoms with Gasteiger partial charge in [0.2, 0.25) is 5.95 Å². The van der Waals surface area contributed by atoms with Gasteiger partial charge in [0, 0.05) is 68.4 Å². The normalized spacial score (nSPS) is 23.8. The predicted octanol–water partition coefficient (Wildman–Crippen LogP) is 3.35. The van der Waals surface area contributed by atoms with Crippen LogP contribution >= 0.6 is 0 Å². The molecule has 0 bridgehead atoms. The second kappa shape index (κ2) is 10.9. The van der Waals surface area contributed by atoms with Crippen LogP contribution in [0.1, 0.15) is 38.7 Å². The Bertz CT molecular complexity index is 1450. The minimum absolute atomic E-state index is 0.127. The van der Waals surface area contributed by atoms with Gasteiger partial charge in [-0.3, -0.25) is 0 Å². The zero-order valence-corrected chi connectivity index (χ0v) is 24.0. The lowest BCUT2D eigenvalue weighted by Crippen LogP contribution is -2.57. The summed E-state index contributed by atoms with van der Waals surface area (Å²) < 4.78 is 29.0. The van der Waals surface area contributed by atoms with Gasteiger partial charge in [-0.25, -0.2) is 18.4 Å². The average molecular weight is 555 g/mol. The van der Waals surface area contributed by atoms with Crippen molar-refractivity contribution in [2.45, 2.75) is 51.4 Å². The third-order valence-electron chi connectivity index (χ3n) is 7.97. The molecule has 2 aliphatic heterocycles. The number of nitrogens with zero attached hydrogens (tertiary/aromatic N) is 5. The topological polar surface area (TPSA) is 121 Å². The van der Waals surface area contributed by atoms with Gasteiger partial charge in [-0.2, -0.15) is 4.98 Å². The quantitative estimate of drug-likeness (QED) is 0.429. The van der Waals surface area contributed by atoms with E-state index in [0.717, 1.165) is 16.5 Å². The van der Waals surface area contributed by atoms with Crippen molar-refractivity contribution in [1.29, 1.82) is 0 Å². The van der Waals surface area contributed by atoms with Crippen LogP contribution in [0.5, 0.6) is 0 Å². The fraction of sp³-hybridized carbons (Fsp3) is 0.536. The van der Waals surface area contributed by atoms with E-state index in [0.29, 0.717) is 49.6 Å². The number of rotatable bonds is 8. The van der Waals surface area contributed by atoms with Gasteiger partial charge in [0.1, 0.15) is 21.5 Å². The van der Waals surface area contributed by atoms with Crippen molar-refractivity contribution in [2.24, 2.45) is 5.92 Å². The van der Waals surface area contributed by atoms with Crippen molar-refractivity contribution < 1.29 is 18.3 Å². The van der Waals surface area contributed by atoms with E-state index in [1.54, 1.807) is 19.4 Å². The number of piperidine rings is 1. The standard InChI is InChI=1S/C28H38N6O4S/c1-17(2)20-6-7-23(34-14-19(18(34)3)16-39(5,36)37)22-13-30-27(12-21(20)22)31-26-8-10-29-28(32-26)33-11-9-25(38-4)24(35)15-33/h6-8,10,12-13,17-19,24-25,35H,9,11,14-16H2,1-5H3,(H,29,30,31,32)/t18-,19-,24+,25+/m1/s1. The second-order valence-corrected chi connectivity index (χ2v) is 13.3. The molecule has 2 fully saturated rings. The van der Waals surface area contributed by atoms with Gasteiger partial charge in [0.25, 0.3) is 0 Å². The van der Waals surface area contributed by atoms with E-state index in [-0.39, 0.29) is 23.8 Å². The second-order valence-electron chi connectivity index (χ2n) is 11.1. The van der Waals surface area contributed by atoms with Crippen molar-refractivity contribution in [3.8, 4) is 0 Å². The van der Waals surface area contributed by atoms with Crippen LogP contribution in [0.4, 0.5) is 23.3 Å². The SMILES string of the molecule is CO[C@H]1CCN(c2nccc(Nc3cc4c(C(C)C)ccc(N5C[C@H](CS(C)(=O)=O)[C@H]5C)c4cn3)n2)C[C@@H]1O. The van der Waals surface area contributed by atoms with Crippen molar-refractivity contribution in [2.75, 3.05) is 53.9 Å². The van der Waals surface area contributed by atoms with Gasteiger partial charge in [-0.05, 0) is 48.4 Å². The minimum Gasteiger partial charge on any atom is -0.389 e. The first kappa shape index (κ1) is 27.5. The van der Waals surface area contributed by atoms with Gasteiger partial charge in [0.05, 0.1) is 18.0 Å². The van der Waals surface area contributed by atoms with Crippen LogP contribution in [0, 0.1) is 5.92 Å². The Hall–Kier alpha value is -3.02. The molecule has 5 rings (SSSR count). The molecule has 0 saturated carbocycles. The largest absolute Gasteiger partial charge is 0.389 e. The summed E-state index contributed by atoms with van der Waals surface area (Å²) in [4.78, 5) is 18.1. The van der Waals surface area contributed by atoms with Crippen LogP contribution < -0.4 is 15.1 Å². The highest BCUT2D eigenvalue weighted by molar-refractivity contribution is 7.90. The monoisotopic (exact) mass is 554 g/mol. The number of sulfone groups is 1. The number of nitrogens with one attached hydrogen (secondary N) is 1. The number of aromatic nitrogens is 3. The van der Waals surface area contributed by atoms with E-state index in [1.807, 2.05) is 11.1 Å². The van der Waals surface area contributed by atoms with E-state index in [2.05, 4.69) is 59.2 Å². The summed E-state index contributed by atoms with van der Waals surface area (Å²) in [6.45, 7) is 8.27. The summed E-state index contributed by atoms with van der Waals surface area (Å²) in [6.07, 6.45) is 4.84. The lowest BCUT2D eigenvalue weighted by atomic mass is 9.88. The summed E-state index contributed by atoms with van der Waals surface area (Å²) in [6, 6.07) is 8.30. The molecular formula is C28H38N6O4S. The lowest BCUT2D eigenvalue weighted by molar-refractivity contribution is -0.0219. The van der Waals surface area contributed by atoms with Gasteiger partial charge in [-0.1, -0.05) is 19.9 Å². The Morgan fingerprint density at radius 2 is 1.95 bits per heavy atom. The number of aliphatic hydroxyl groups excluding tert-OH is 1. The zero-order valence-electron chi connectivity index (χ0n) is 23.2. The first-order valence-electron chi connectivity index (χ1n) is 13.5. The molecule has 4 heterocycles. The molecule has 4 atom stereocenters. The molecule has 210 valence electrons. The fourth-order valence-corrected chi connectivity index (χ4v) is 6.89. The minimum atomic E-state index is -3.01. The zero-order chi connectivity index (χ0) is 27.9. The molecule has 2 aliphatic rings. The van der Waals surface area contributed by atoms with Crippen LogP contribution in [0.2, 0.25) is 0 Å². The van der Waals surface area contributed by atoms with Gasteiger partial charge < -0.3 is 25.0 Å². The molecule has 10 nitrogen and oxygen atoms in total. The molecule has 0 unspecified atom stereocenters. The lowest BCUT2D eigenvalue weighted by Gasteiger charge is -2.48. The Kier molecular flexibility index (Phi) is 7.67. The Labute approximate surface area is 230 Å². The summed E-state index contributed by atoms with van der Waals surface area (Å²) in [7, 11) is -1.39. The number of hydrogen-bond donors (Lipinski definition) is 2. The van der Waals surface area contributed by atoms with Crippen molar-refractivity contribution in [3.63, 3.8) is 0 Å². The molecule has 0 amide bonds. The van der Waals surface area contributed by atoms with Gasteiger partial charge in [0.15, 0.2) is 0 Å². The third-order valence-corrected chi connectivity index (χ3v) is 9.00. The first-order valence-corrected chi connectivity index (χ1v) is 15.5. The Morgan fingerprint density at radius 3 is 2.62 bits per heavy atom. The van der Waals surface area contributed by atoms with Crippen LogP contribution in [0.3, 0.4) is 0 Å². The molecule has 3 aromatic rings. The number of β-amino-alcohol motifs (C(OH)–C–C–N with tert-alkyl or cyclic N) is 1. The number of methoxy groups -OCH3 is 1. The van der Waals surface area contributed by atoms with E-state index in [4.69, 9.17) is 9.72 Å². The van der Waals surface area contributed by atoms with E-state index >= 15 is 0 Å². The van der Waals surface area contributed by atoms with Crippen molar-refractivity contribution in [1.82, 2.24) is 15.0 Å². The number of benzene rings is 1. The molecule has 0 spiro atoms. The predicted molar refractivity (Wildman–Crippen MR) is 155 cm³/mol. The van der Waals surface area contributed by atoms with Gasteiger partial charge in [-0.15, -0.1) is 0 Å². The average Bonchev–Trinajstić information content (AvgIpc) is 2.89. The fourth-order valence-electron chi connectivity index (χ4n) is 5.72. The van der Waals surface area contributed by atoms with Crippen LogP contribution in [0.25, 0.3) is 10.8 Å². The maximum Gasteiger partial charge on any atom is 0.227 e. The highest BCUT2D eigenvalue weighted by Crippen LogP contribution is 2.39. The maximum atomic E-state index is 11.8. The Morgan fingerprint density at radius 1 is 1.15 bits per heavy atom. The molecule has 2 saturated heterocycles. The van der Waals surface area contributed by atoms with Crippen molar-refractivity contribution >= 4 is 43.9 Å². The van der Waals surface area contributed by atoms with Gasteiger partial charge >= 0.3 is 0 Å². The summed E-state index contributed by atoms with van der Waals surface area (Å²) in [5.41, 5.74) is 2.30. The van der Waals surface area contributed by atoms with Crippen LogP contribution in [-0.2, 0) is 14.6 Å². The Balaban J connectivity index is 1.40. The number of anilines is 4. The maximum absolute atomic E-state index is 11.8. The molecule has 1 aromatic carbocycles. The highest BCUT2D eigenvalue weighted by Gasteiger charge is 2.38. The van der Waals surface area contributed by atoms with E-state index < -0.39 is 15.9 Å². The summed E-state index contributed by atoms with van der Waals surface area (Å²) in [5.74, 6) is 2.50. The molecule has 0 radical (unpaired) electrons. The highest BCUT2D eigenvalue weighted by atomic mass is 32.2.